The smallest absolute Gasteiger partial charge is 0.314 e. The molecule has 1 amide bonds. The zero-order valence-electron chi connectivity index (χ0n) is 12.6. The van der Waals surface area contributed by atoms with Crippen LogP contribution in [0.15, 0.2) is 47.1 Å². The Hall–Kier alpha value is -3.23. The summed E-state index contributed by atoms with van der Waals surface area (Å²) in [4.78, 5) is 15.7. The van der Waals surface area contributed by atoms with E-state index in [0.717, 1.165) is 6.07 Å². The van der Waals surface area contributed by atoms with Gasteiger partial charge < -0.3 is 9.73 Å². The summed E-state index contributed by atoms with van der Waals surface area (Å²) < 4.78 is 43.8. The number of nitrogens with zero attached hydrogens (tertiary/aromatic N) is 3. The summed E-state index contributed by atoms with van der Waals surface area (Å²) in [6.45, 7) is -0.0496. The third-order valence-electron chi connectivity index (χ3n) is 3.29. The van der Waals surface area contributed by atoms with Crippen molar-refractivity contribution in [1.82, 2.24) is 20.5 Å². The van der Waals surface area contributed by atoms with Gasteiger partial charge in [-0.3, -0.25) is 9.78 Å². The second kappa shape index (κ2) is 7.12. The van der Waals surface area contributed by atoms with Crippen LogP contribution >= 0.6 is 0 Å². The van der Waals surface area contributed by atoms with Crippen molar-refractivity contribution in [3.63, 3.8) is 0 Å². The van der Waals surface area contributed by atoms with E-state index in [1.807, 2.05) is 0 Å². The number of rotatable bonds is 5. The Balaban J connectivity index is 1.70. The van der Waals surface area contributed by atoms with E-state index in [1.165, 1.54) is 24.5 Å². The number of carbonyl (C=O) groups excluding carboxylic acids is 1. The van der Waals surface area contributed by atoms with E-state index in [-0.39, 0.29) is 23.6 Å². The molecule has 25 heavy (non-hydrogen) atoms. The number of aromatic nitrogens is 3. The molecule has 0 aliphatic heterocycles. The molecular formula is C16H11F3N4O2. The fourth-order valence-corrected chi connectivity index (χ4v) is 2.04. The van der Waals surface area contributed by atoms with Gasteiger partial charge >= 0.3 is 6.43 Å². The highest BCUT2D eigenvalue weighted by molar-refractivity contribution is 5.93. The molecule has 0 saturated carbocycles. The van der Waals surface area contributed by atoms with Crippen molar-refractivity contribution in [3.8, 4) is 11.5 Å². The van der Waals surface area contributed by atoms with Crippen LogP contribution in [-0.2, 0) is 6.54 Å². The molecule has 9 heteroatoms. The first-order valence-corrected chi connectivity index (χ1v) is 7.13. The van der Waals surface area contributed by atoms with Gasteiger partial charge in [-0.05, 0) is 24.3 Å². The molecule has 1 N–H and O–H groups in total. The minimum absolute atomic E-state index is 0.0496. The summed E-state index contributed by atoms with van der Waals surface area (Å²) in [7, 11) is 0. The number of nitrogens with one attached hydrogen (secondary N) is 1. The van der Waals surface area contributed by atoms with Gasteiger partial charge in [0, 0.05) is 30.1 Å². The van der Waals surface area contributed by atoms with Gasteiger partial charge in [0.25, 0.3) is 11.8 Å². The summed E-state index contributed by atoms with van der Waals surface area (Å²) >= 11 is 0. The number of hydrogen-bond acceptors (Lipinski definition) is 5. The first-order valence-electron chi connectivity index (χ1n) is 7.13. The highest BCUT2D eigenvalue weighted by Crippen LogP contribution is 2.24. The topological polar surface area (TPSA) is 80.9 Å². The molecule has 3 rings (SSSR count). The maximum atomic E-state index is 14.2. The third kappa shape index (κ3) is 3.82. The van der Waals surface area contributed by atoms with Crippen LogP contribution in [-0.4, -0.2) is 21.1 Å². The third-order valence-corrected chi connectivity index (χ3v) is 3.29. The van der Waals surface area contributed by atoms with Crippen LogP contribution in [0.3, 0.4) is 0 Å². The lowest BCUT2D eigenvalue weighted by atomic mass is 10.1. The molecule has 0 bridgehead atoms. The van der Waals surface area contributed by atoms with E-state index in [9.17, 15) is 18.0 Å². The molecule has 0 aliphatic rings. The molecule has 0 unspecified atom stereocenters. The number of alkyl halides is 2. The largest absolute Gasteiger partial charge is 0.415 e. The highest BCUT2D eigenvalue weighted by atomic mass is 19.3. The highest BCUT2D eigenvalue weighted by Gasteiger charge is 2.18. The molecule has 3 aromatic rings. The summed E-state index contributed by atoms with van der Waals surface area (Å²) in [5, 5.41) is 9.20. The first-order chi connectivity index (χ1) is 12.0. The summed E-state index contributed by atoms with van der Waals surface area (Å²) in [5.74, 6) is -2.07. The Morgan fingerprint density at radius 2 is 2.08 bits per heavy atom. The van der Waals surface area contributed by atoms with E-state index in [1.54, 1.807) is 12.1 Å². The lowest BCUT2D eigenvalue weighted by Gasteiger charge is -2.07. The average Bonchev–Trinajstić information content (AvgIpc) is 3.11. The maximum absolute atomic E-state index is 14.2. The normalized spacial score (nSPS) is 10.9. The van der Waals surface area contributed by atoms with Gasteiger partial charge in [-0.2, -0.15) is 8.78 Å². The Morgan fingerprint density at radius 1 is 1.24 bits per heavy atom. The van der Waals surface area contributed by atoms with Crippen LogP contribution in [0.4, 0.5) is 13.2 Å². The Bertz CT molecular complexity index is 884. The molecule has 6 nitrogen and oxygen atoms in total. The zero-order chi connectivity index (χ0) is 17.8. The number of pyridine rings is 1. The molecule has 2 heterocycles. The van der Waals surface area contributed by atoms with Crippen molar-refractivity contribution in [2.45, 2.75) is 13.0 Å². The lowest BCUT2D eigenvalue weighted by molar-refractivity contribution is 0.0950. The van der Waals surface area contributed by atoms with E-state index >= 15 is 0 Å². The molecule has 0 aliphatic carbocycles. The Morgan fingerprint density at radius 3 is 2.72 bits per heavy atom. The van der Waals surface area contributed by atoms with Crippen LogP contribution < -0.4 is 5.32 Å². The zero-order valence-corrected chi connectivity index (χ0v) is 12.6. The van der Waals surface area contributed by atoms with Crippen molar-refractivity contribution in [2.75, 3.05) is 0 Å². The van der Waals surface area contributed by atoms with Crippen molar-refractivity contribution in [3.05, 3.63) is 65.6 Å². The van der Waals surface area contributed by atoms with Crippen molar-refractivity contribution < 1.29 is 22.4 Å². The molecule has 0 radical (unpaired) electrons. The van der Waals surface area contributed by atoms with Crippen LogP contribution in [0.1, 0.15) is 28.2 Å². The maximum Gasteiger partial charge on any atom is 0.314 e. The minimum atomic E-state index is -2.90. The number of amides is 1. The average molecular weight is 348 g/mol. The lowest BCUT2D eigenvalue weighted by Crippen LogP contribution is -2.23. The van der Waals surface area contributed by atoms with Crippen LogP contribution in [0.2, 0.25) is 0 Å². The molecule has 128 valence electrons. The molecule has 0 fully saturated rings. The van der Waals surface area contributed by atoms with Gasteiger partial charge in [0.1, 0.15) is 5.82 Å². The van der Waals surface area contributed by atoms with E-state index < -0.39 is 24.0 Å². The second-order valence-electron chi connectivity index (χ2n) is 4.98. The molecule has 2 aromatic heterocycles. The fraction of sp³-hybridized carbons (Fsp3) is 0.125. The number of benzene rings is 1. The number of halogens is 3. The monoisotopic (exact) mass is 348 g/mol. The first kappa shape index (κ1) is 16.6. The molecule has 1 aromatic carbocycles. The Labute approximate surface area is 139 Å². The predicted octanol–water partition coefficient (Wildman–Crippen LogP) is 3.14. The van der Waals surface area contributed by atoms with Crippen molar-refractivity contribution in [2.24, 2.45) is 0 Å². The van der Waals surface area contributed by atoms with Gasteiger partial charge in [-0.25, -0.2) is 4.39 Å². The van der Waals surface area contributed by atoms with E-state index in [0.29, 0.717) is 5.56 Å². The quantitative estimate of drug-likeness (QED) is 0.766. The molecule has 0 atom stereocenters. The standard InChI is InChI=1S/C16H11F3N4O2/c17-12-6-9(15-22-23-16(25-15)13(18)19)3-4-10(12)8-21-14(24)11-2-1-5-20-7-11/h1-7,13H,8H2,(H,21,24). The van der Waals surface area contributed by atoms with Gasteiger partial charge in [0.05, 0.1) is 5.56 Å². The number of carbonyl (C=O) groups is 1. The predicted molar refractivity (Wildman–Crippen MR) is 80.1 cm³/mol. The molecule has 0 spiro atoms. The van der Waals surface area contributed by atoms with Gasteiger partial charge in [0.2, 0.25) is 5.89 Å². The minimum Gasteiger partial charge on any atom is -0.415 e. The van der Waals surface area contributed by atoms with E-state index in [4.69, 9.17) is 4.42 Å². The fourth-order valence-electron chi connectivity index (χ4n) is 2.04. The van der Waals surface area contributed by atoms with E-state index in [2.05, 4.69) is 20.5 Å². The Kier molecular flexibility index (Phi) is 4.73. The van der Waals surface area contributed by atoms with Gasteiger partial charge in [-0.1, -0.05) is 6.07 Å². The summed E-state index contributed by atoms with van der Waals surface area (Å²) in [6.07, 6.45) is 0.0324. The molecular weight excluding hydrogens is 337 g/mol. The summed E-state index contributed by atoms with van der Waals surface area (Å²) in [5.41, 5.74) is 0.735. The van der Waals surface area contributed by atoms with Crippen molar-refractivity contribution in [1.29, 1.82) is 0 Å². The molecule has 0 saturated heterocycles. The van der Waals surface area contributed by atoms with Crippen molar-refractivity contribution >= 4 is 5.91 Å². The van der Waals surface area contributed by atoms with Crippen LogP contribution in [0, 0.1) is 5.82 Å². The van der Waals surface area contributed by atoms with Gasteiger partial charge in [0.15, 0.2) is 0 Å². The van der Waals surface area contributed by atoms with Gasteiger partial charge in [-0.15, -0.1) is 10.2 Å². The SMILES string of the molecule is O=C(NCc1ccc(-c2nnc(C(F)F)o2)cc1F)c1cccnc1. The van der Waals surface area contributed by atoms with Crippen LogP contribution in [0.25, 0.3) is 11.5 Å². The van der Waals surface area contributed by atoms with Crippen LogP contribution in [0.5, 0.6) is 0 Å². The summed E-state index contributed by atoms with van der Waals surface area (Å²) in [6, 6.07) is 7.12. The number of hydrogen-bond donors (Lipinski definition) is 1. The second-order valence-corrected chi connectivity index (χ2v) is 4.98.